The molecule has 0 N–H and O–H groups in total. The van der Waals surface area contributed by atoms with Crippen LogP contribution >= 0.6 is 0 Å². The van der Waals surface area contributed by atoms with Crippen LogP contribution in [0.15, 0.2) is 61.2 Å². The van der Waals surface area contributed by atoms with Gasteiger partial charge in [0.2, 0.25) is 5.69 Å². The van der Waals surface area contributed by atoms with Gasteiger partial charge in [-0.05, 0) is 36.8 Å². The van der Waals surface area contributed by atoms with Gasteiger partial charge in [-0.2, -0.15) is 4.57 Å². The Labute approximate surface area is 130 Å². The Morgan fingerprint density at radius 3 is 2.45 bits per heavy atom. The largest absolute Gasteiger partial charge is 0.265 e. The first-order valence-corrected chi connectivity index (χ1v) is 7.07. The molecule has 3 rings (SSSR count). The molecule has 0 spiro atoms. The summed E-state index contributed by atoms with van der Waals surface area (Å²) in [6.45, 7) is 2.07. The van der Waals surface area contributed by atoms with E-state index < -0.39 is 0 Å². The molecular weight excluding hydrogens is 270 g/mol. The van der Waals surface area contributed by atoms with E-state index in [9.17, 15) is 0 Å². The second-order valence-electron chi connectivity index (χ2n) is 5.12. The standard InChI is InChI=1S/C19H16N3/c1-15-5-11-21-18(13-15)19-14-17(8-12-22(19)2)4-3-16-6-9-20-10-7-16/h5-14H,1-2H3/q+1. The molecule has 0 aromatic carbocycles. The Kier molecular flexibility index (Phi) is 3.93. The van der Waals surface area contributed by atoms with Crippen molar-refractivity contribution in [2.45, 2.75) is 6.92 Å². The van der Waals surface area contributed by atoms with E-state index in [0.29, 0.717) is 0 Å². The zero-order valence-corrected chi connectivity index (χ0v) is 12.6. The van der Waals surface area contributed by atoms with Crippen LogP contribution in [0.3, 0.4) is 0 Å². The third-order valence-electron chi connectivity index (χ3n) is 3.36. The fourth-order valence-electron chi connectivity index (χ4n) is 2.16. The Balaban J connectivity index is 1.99. The number of rotatable bonds is 1. The maximum absolute atomic E-state index is 4.45. The Morgan fingerprint density at radius 2 is 1.68 bits per heavy atom. The second-order valence-corrected chi connectivity index (χ2v) is 5.12. The quantitative estimate of drug-likeness (QED) is 0.508. The summed E-state index contributed by atoms with van der Waals surface area (Å²) < 4.78 is 2.05. The molecule has 0 amide bonds. The van der Waals surface area contributed by atoms with E-state index in [2.05, 4.69) is 45.4 Å². The van der Waals surface area contributed by atoms with Gasteiger partial charge in [-0.15, -0.1) is 0 Å². The fraction of sp³-hybridized carbons (Fsp3) is 0.105. The van der Waals surface area contributed by atoms with Crippen LogP contribution in [-0.2, 0) is 7.05 Å². The first kappa shape index (κ1) is 14.0. The highest BCUT2D eigenvalue weighted by atomic mass is 14.9. The molecule has 0 saturated heterocycles. The molecule has 3 aromatic heterocycles. The zero-order chi connectivity index (χ0) is 15.4. The molecule has 3 aromatic rings. The molecule has 3 nitrogen and oxygen atoms in total. The normalized spacial score (nSPS) is 9.91. The summed E-state index contributed by atoms with van der Waals surface area (Å²) in [5.74, 6) is 6.34. The predicted octanol–water partition coefficient (Wildman–Crippen LogP) is 2.68. The smallest absolute Gasteiger partial charge is 0.232 e. The molecule has 0 aliphatic rings. The second kappa shape index (κ2) is 6.19. The summed E-state index contributed by atoms with van der Waals surface area (Å²) >= 11 is 0. The molecule has 3 heterocycles. The maximum atomic E-state index is 4.45. The number of aryl methyl sites for hydroxylation is 2. The monoisotopic (exact) mass is 286 g/mol. The molecule has 106 valence electrons. The zero-order valence-electron chi connectivity index (χ0n) is 12.6. The van der Waals surface area contributed by atoms with Gasteiger partial charge in [-0.3, -0.25) is 4.98 Å². The maximum Gasteiger partial charge on any atom is 0.232 e. The minimum absolute atomic E-state index is 0.954. The van der Waals surface area contributed by atoms with Crippen molar-refractivity contribution < 1.29 is 4.57 Å². The van der Waals surface area contributed by atoms with Crippen LogP contribution in [0, 0.1) is 18.8 Å². The SMILES string of the molecule is Cc1ccnc(-c2cc(C#Cc3ccncc3)cc[n+]2C)c1. The summed E-state index contributed by atoms with van der Waals surface area (Å²) in [5.41, 5.74) is 5.12. The van der Waals surface area contributed by atoms with Crippen molar-refractivity contribution in [2.24, 2.45) is 7.05 Å². The lowest BCUT2D eigenvalue weighted by Gasteiger charge is -2.01. The van der Waals surface area contributed by atoms with Crippen LogP contribution in [0.5, 0.6) is 0 Å². The first-order valence-electron chi connectivity index (χ1n) is 7.07. The highest BCUT2D eigenvalue weighted by molar-refractivity contribution is 5.55. The van der Waals surface area contributed by atoms with E-state index in [1.54, 1.807) is 12.4 Å². The number of hydrogen-bond acceptors (Lipinski definition) is 2. The minimum Gasteiger partial charge on any atom is -0.265 e. The van der Waals surface area contributed by atoms with E-state index in [0.717, 1.165) is 22.5 Å². The molecule has 0 unspecified atom stereocenters. The molecule has 0 fully saturated rings. The summed E-state index contributed by atoms with van der Waals surface area (Å²) in [4.78, 5) is 8.45. The third kappa shape index (κ3) is 3.18. The van der Waals surface area contributed by atoms with E-state index in [4.69, 9.17) is 0 Å². The van der Waals surface area contributed by atoms with Crippen LogP contribution < -0.4 is 4.57 Å². The van der Waals surface area contributed by atoms with Crippen LogP contribution in [0.1, 0.15) is 16.7 Å². The van der Waals surface area contributed by atoms with Crippen molar-refractivity contribution in [3.8, 4) is 23.2 Å². The van der Waals surface area contributed by atoms with Crippen molar-refractivity contribution >= 4 is 0 Å². The van der Waals surface area contributed by atoms with Gasteiger partial charge < -0.3 is 0 Å². The topological polar surface area (TPSA) is 29.7 Å². The lowest BCUT2D eigenvalue weighted by atomic mass is 10.1. The van der Waals surface area contributed by atoms with Crippen LogP contribution in [0.2, 0.25) is 0 Å². The van der Waals surface area contributed by atoms with Crippen LogP contribution in [0.4, 0.5) is 0 Å². The lowest BCUT2D eigenvalue weighted by molar-refractivity contribution is -0.660. The van der Waals surface area contributed by atoms with Gasteiger partial charge in [0.25, 0.3) is 0 Å². The number of pyridine rings is 3. The van der Waals surface area contributed by atoms with Gasteiger partial charge >= 0.3 is 0 Å². The summed E-state index contributed by atoms with van der Waals surface area (Å²) in [5, 5.41) is 0. The van der Waals surface area contributed by atoms with Gasteiger partial charge in [0.15, 0.2) is 6.20 Å². The molecule has 0 bridgehead atoms. The highest BCUT2D eigenvalue weighted by Gasteiger charge is 2.11. The summed E-state index contributed by atoms with van der Waals surface area (Å²) in [6, 6.07) is 12.0. The molecule has 0 radical (unpaired) electrons. The molecule has 0 saturated carbocycles. The molecule has 0 aliphatic carbocycles. The molecule has 0 aliphatic heterocycles. The first-order chi connectivity index (χ1) is 10.7. The molecule has 0 atom stereocenters. The molecule has 3 heteroatoms. The van der Waals surface area contributed by atoms with Crippen molar-refractivity contribution in [2.75, 3.05) is 0 Å². The molecule has 22 heavy (non-hydrogen) atoms. The minimum atomic E-state index is 0.954. The van der Waals surface area contributed by atoms with Crippen molar-refractivity contribution in [1.82, 2.24) is 9.97 Å². The number of hydrogen-bond donors (Lipinski definition) is 0. The summed E-state index contributed by atoms with van der Waals surface area (Å²) in [6.07, 6.45) is 7.34. The van der Waals surface area contributed by atoms with Crippen molar-refractivity contribution in [1.29, 1.82) is 0 Å². The van der Waals surface area contributed by atoms with Crippen LogP contribution in [-0.4, -0.2) is 9.97 Å². The third-order valence-corrected chi connectivity index (χ3v) is 3.36. The lowest BCUT2D eigenvalue weighted by Crippen LogP contribution is -2.30. The van der Waals surface area contributed by atoms with Gasteiger partial charge in [-0.1, -0.05) is 11.8 Å². The van der Waals surface area contributed by atoms with Crippen molar-refractivity contribution in [3.05, 3.63) is 77.9 Å². The van der Waals surface area contributed by atoms with Crippen molar-refractivity contribution in [3.63, 3.8) is 0 Å². The highest BCUT2D eigenvalue weighted by Crippen LogP contribution is 2.14. The van der Waals surface area contributed by atoms with Gasteiger partial charge in [-0.25, -0.2) is 4.98 Å². The van der Waals surface area contributed by atoms with E-state index in [1.165, 1.54) is 5.56 Å². The van der Waals surface area contributed by atoms with Crippen LogP contribution in [0.25, 0.3) is 11.4 Å². The average molecular weight is 286 g/mol. The number of nitrogens with zero attached hydrogens (tertiary/aromatic N) is 3. The van der Waals surface area contributed by atoms with Gasteiger partial charge in [0, 0.05) is 41.9 Å². The fourth-order valence-corrected chi connectivity index (χ4v) is 2.16. The van der Waals surface area contributed by atoms with E-state index in [1.807, 2.05) is 43.7 Å². The van der Waals surface area contributed by atoms with Gasteiger partial charge in [0.1, 0.15) is 12.7 Å². The van der Waals surface area contributed by atoms with E-state index in [-0.39, 0.29) is 0 Å². The predicted molar refractivity (Wildman–Crippen MR) is 85.8 cm³/mol. The van der Waals surface area contributed by atoms with Gasteiger partial charge in [0.05, 0.1) is 0 Å². The Morgan fingerprint density at radius 1 is 0.909 bits per heavy atom. The van der Waals surface area contributed by atoms with E-state index >= 15 is 0 Å². The Bertz CT molecular complexity index is 859. The number of aromatic nitrogens is 3. The average Bonchev–Trinajstić information content (AvgIpc) is 2.55. The molecular formula is C19H16N3+. The Hall–Kier alpha value is -2.99. The summed E-state index contributed by atoms with van der Waals surface area (Å²) in [7, 11) is 2.01.